The number of anilines is 2. The van der Waals surface area contributed by atoms with Gasteiger partial charge in [0.15, 0.2) is 6.10 Å². The molecule has 21 heavy (non-hydrogen) atoms. The summed E-state index contributed by atoms with van der Waals surface area (Å²) in [5.41, 5.74) is 0. The highest BCUT2D eigenvalue weighted by Gasteiger charge is 2.38. The molecule has 0 aromatic carbocycles. The fourth-order valence-electron chi connectivity index (χ4n) is 1.23. The lowest BCUT2D eigenvalue weighted by atomic mass is 10.3. The number of rotatable bonds is 8. The van der Waals surface area contributed by atoms with Gasteiger partial charge < -0.3 is 20.5 Å². The number of hydrogen-bond donors (Lipinski definition) is 3. The minimum absolute atomic E-state index is 0.00629. The van der Waals surface area contributed by atoms with Crippen molar-refractivity contribution in [2.75, 3.05) is 30.3 Å². The molecule has 1 unspecified atom stereocenters. The molecule has 0 aliphatic heterocycles. The van der Waals surface area contributed by atoms with Crippen LogP contribution in [0.3, 0.4) is 0 Å². The van der Waals surface area contributed by atoms with Crippen LogP contribution in [0.25, 0.3) is 0 Å². The van der Waals surface area contributed by atoms with Gasteiger partial charge in [0, 0.05) is 6.54 Å². The summed E-state index contributed by atoms with van der Waals surface area (Å²) in [6, 6.07) is 0.00629. The molecule has 0 amide bonds. The molecule has 1 aromatic rings. The molecule has 1 heterocycles. The molecule has 10 heteroatoms. The number of halogens is 3. The van der Waals surface area contributed by atoms with Crippen molar-refractivity contribution in [3.8, 4) is 6.01 Å². The Bertz CT molecular complexity index is 444. The van der Waals surface area contributed by atoms with Crippen molar-refractivity contribution < 1.29 is 23.0 Å². The van der Waals surface area contributed by atoms with Crippen LogP contribution in [0.1, 0.15) is 20.3 Å². The van der Waals surface area contributed by atoms with E-state index in [1.807, 2.05) is 13.8 Å². The molecule has 7 nitrogen and oxygen atoms in total. The second-order valence-corrected chi connectivity index (χ2v) is 4.08. The van der Waals surface area contributed by atoms with E-state index in [2.05, 4.69) is 25.6 Å². The summed E-state index contributed by atoms with van der Waals surface area (Å²) in [4.78, 5) is 11.7. The molecule has 1 aromatic heterocycles. The number of nitrogens with zero attached hydrogens (tertiary/aromatic N) is 3. The first kappa shape index (κ1) is 17.2. The molecule has 0 fully saturated rings. The van der Waals surface area contributed by atoms with Gasteiger partial charge in [-0.15, -0.1) is 0 Å². The van der Waals surface area contributed by atoms with Gasteiger partial charge >= 0.3 is 12.2 Å². The molecule has 0 bridgehead atoms. The van der Waals surface area contributed by atoms with Gasteiger partial charge in [-0.05, 0) is 13.3 Å². The van der Waals surface area contributed by atoms with Crippen LogP contribution in [-0.4, -0.2) is 52.0 Å². The summed E-state index contributed by atoms with van der Waals surface area (Å²) >= 11 is 0. The van der Waals surface area contributed by atoms with Crippen molar-refractivity contribution in [2.45, 2.75) is 32.5 Å². The van der Waals surface area contributed by atoms with E-state index >= 15 is 0 Å². The fourth-order valence-corrected chi connectivity index (χ4v) is 1.23. The third-order valence-corrected chi connectivity index (χ3v) is 2.22. The van der Waals surface area contributed by atoms with Crippen LogP contribution in [0, 0.1) is 0 Å². The van der Waals surface area contributed by atoms with E-state index in [0.717, 1.165) is 6.42 Å². The third kappa shape index (κ3) is 5.98. The largest absolute Gasteiger partial charge is 0.463 e. The molecular weight excluding hydrogens is 291 g/mol. The van der Waals surface area contributed by atoms with Gasteiger partial charge in [-0.25, -0.2) is 0 Å². The minimum atomic E-state index is -4.70. The Labute approximate surface area is 120 Å². The highest BCUT2D eigenvalue weighted by molar-refractivity contribution is 5.35. The van der Waals surface area contributed by atoms with Crippen molar-refractivity contribution in [1.82, 2.24) is 15.0 Å². The zero-order chi connectivity index (χ0) is 15.9. The summed E-state index contributed by atoms with van der Waals surface area (Å²) in [5.74, 6) is 0.0814. The average Bonchev–Trinajstić information content (AvgIpc) is 2.41. The first-order valence-corrected chi connectivity index (χ1v) is 6.48. The van der Waals surface area contributed by atoms with Crippen LogP contribution in [0.2, 0.25) is 0 Å². The van der Waals surface area contributed by atoms with E-state index in [1.165, 1.54) is 0 Å². The number of alkyl halides is 3. The molecule has 0 spiro atoms. The first-order valence-electron chi connectivity index (χ1n) is 6.48. The lowest BCUT2D eigenvalue weighted by Gasteiger charge is -2.15. The van der Waals surface area contributed by atoms with Crippen LogP contribution >= 0.6 is 0 Å². The van der Waals surface area contributed by atoms with Crippen LogP contribution in [0.5, 0.6) is 6.01 Å². The minimum Gasteiger partial charge on any atom is -0.463 e. The summed E-state index contributed by atoms with van der Waals surface area (Å²) in [6.07, 6.45) is -6.47. The van der Waals surface area contributed by atoms with Gasteiger partial charge in [-0.3, -0.25) is 0 Å². The van der Waals surface area contributed by atoms with Crippen molar-refractivity contribution in [2.24, 2.45) is 0 Å². The van der Waals surface area contributed by atoms with Crippen molar-refractivity contribution >= 4 is 11.9 Å². The Morgan fingerprint density at radius 1 is 1.14 bits per heavy atom. The standard InChI is InChI=1S/C11H18F3N5O2/c1-3-5-21-10-18-8(15-4-2)17-9(19-10)16-6-7(20)11(12,13)14/h7,20H,3-6H2,1-2H3,(H2,15,16,17,18,19). The van der Waals surface area contributed by atoms with E-state index in [9.17, 15) is 13.2 Å². The highest BCUT2D eigenvalue weighted by atomic mass is 19.4. The Hall–Kier alpha value is -1.84. The molecule has 1 rings (SSSR count). The van der Waals surface area contributed by atoms with Crippen LogP contribution < -0.4 is 15.4 Å². The van der Waals surface area contributed by atoms with Gasteiger partial charge in [0.1, 0.15) is 0 Å². The molecule has 120 valence electrons. The highest BCUT2D eigenvalue weighted by Crippen LogP contribution is 2.20. The average molecular weight is 309 g/mol. The van der Waals surface area contributed by atoms with Crippen LogP contribution in [0.4, 0.5) is 25.1 Å². The predicted octanol–water partition coefficient (Wildman–Crippen LogP) is 1.43. The smallest absolute Gasteiger partial charge is 0.416 e. The van der Waals surface area contributed by atoms with Gasteiger partial charge in [0.2, 0.25) is 11.9 Å². The van der Waals surface area contributed by atoms with Gasteiger partial charge in [0.25, 0.3) is 0 Å². The molecule has 0 saturated heterocycles. The number of aliphatic hydroxyl groups is 1. The third-order valence-electron chi connectivity index (χ3n) is 2.22. The maximum atomic E-state index is 12.2. The second kappa shape index (κ2) is 7.81. The number of nitrogens with one attached hydrogen (secondary N) is 2. The van der Waals surface area contributed by atoms with Crippen molar-refractivity contribution in [1.29, 1.82) is 0 Å². The topological polar surface area (TPSA) is 92.2 Å². The summed E-state index contributed by atoms with van der Waals surface area (Å²) in [7, 11) is 0. The second-order valence-electron chi connectivity index (χ2n) is 4.08. The van der Waals surface area contributed by atoms with Crippen LogP contribution in [-0.2, 0) is 0 Å². The number of ether oxygens (including phenoxy) is 1. The van der Waals surface area contributed by atoms with Gasteiger partial charge in [0.05, 0.1) is 13.2 Å². The molecule has 0 radical (unpaired) electrons. The van der Waals surface area contributed by atoms with Crippen molar-refractivity contribution in [3.05, 3.63) is 0 Å². The van der Waals surface area contributed by atoms with E-state index in [4.69, 9.17) is 9.84 Å². The molecule has 0 aliphatic carbocycles. The first-order chi connectivity index (χ1) is 9.86. The maximum absolute atomic E-state index is 12.2. The summed E-state index contributed by atoms with van der Waals surface area (Å²) in [5, 5.41) is 14.1. The van der Waals surface area contributed by atoms with E-state index in [1.54, 1.807) is 0 Å². The fraction of sp³-hybridized carbons (Fsp3) is 0.727. The Morgan fingerprint density at radius 2 is 1.76 bits per heavy atom. The lowest BCUT2D eigenvalue weighted by molar-refractivity contribution is -0.198. The van der Waals surface area contributed by atoms with E-state index < -0.39 is 18.8 Å². The zero-order valence-corrected chi connectivity index (χ0v) is 11.7. The molecule has 3 N–H and O–H groups in total. The molecular formula is C11H18F3N5O2. The number of aliphatic hydroxyl groups excluding tert-OH is 1. The monoisotopic (exact) mass is 309 g/mol. The summed E-state index contributed by atoms with van der Waals surface area (Å²) < 4.78 is 41.9. The Balaban J connectivity index is 2.77. The Kier molecular flexibility index (Phi) is 6.40. The lowest BCUT2D eigenvalue weighted by Crippen LogP contribution is -2.35. The summed E-state index contributed by atoms with van der Waals surface area (Å²) in [6.45, 7) is 3.86. The van der Waals surface area contributed by atoms with E-state index in [0.29, 0.717) is 13.2 Å². The Morgan fingerprint density at radius 3 is 2.29 bits per heavy atom. The van der Waals surface area contributed by atoms with E-state index in [-0.39, 0.29) is 17.9 Å². The van der Waals surface area contributed by atoms with Gasteiger partial charge in [-0.2, -0.15) is 28.1 Å². The number of hydrogen-bond acceptors (Lipinski definition) is 7. The quantitative estimate of drug-likeness (QED) is 0.669. The predicted molar refractivity (Wildman–Crippen MR) is 70.3 cm³/mol. The SMILES string of the molecule is CCCOc1nc(NCC)nc(NCC(O)C(F)(F)F)n1. The van der Waals surface area contributed by atoms with Crippen LogP contribution in [0.15, 0.2) is 0 Å². The number of aromatic nitrogens is 3. The van der Waals surface area contributed by atoms with Gasteiger partial charge in [-0.1, -0.05) is 6.92 Å². The normalized spacial score (nSPS) is 12.9. The molecule has 0 saturated carbocycles. The van der Waals surface area contributed by atoms with Crippen molar-refractivity contribution in [3.63, 3.8) is 0 Å². The zero-order valence-electron chi connectivity index (χ0n) is 11.7. The maximum Gasteiger partial charge on any atom is 0.416 e. The molecule has 1 atom stereocenters. The molecule has 0 aliphatic rings.